The van der Waals surface area contributed by atoms with Gasteiger partial charge in [-0.25, -0.2) is 5.43 Å². The van der Waals surface area contributed by atoms with Crippen molar-refractivity contribution in [3.05, 3.63) is 44.4 Å². The molecule has 0 unspecified atom stereocenters. The summed E-state index contributed by atoms with van der Waals surface area (Å²) in [7, 11) is 0. The van der Waals surface area contributed by atoms with Crippen LogP contribution in [0.15, 0.2) is 17.2 Å². The molecule has 1 N–H and O–H groups in total. The van der Waals surface area contributed by atoms with Crippen molar-refractivity contribution in [1.29, 1.82) is 0 Å². The summed E-state index contributed by atoms with van der Waals surface area (Å²) in [6.07, 6.45) is 5.16. The van der Waals surface area contributed by atoms with Gasteiger partial charge in [0.15, 0.2) is 0 Å². The second-order valence-electron chi connectivity index (χ2n) is 7.94. The van der Waals surface area contributed by atoms with Crippen molar-refractivity contribution in [2.24, 2.45) is 16.9 Å². The predicted octanol–water partition coefficient (Wildman–Crippen LogP) is 4.71. The Morgan fingerprint density at radius 3 is 2.92 bits per heavy atom. The monoisotopic (exact) mass is 371 g/mol. The molecule has 1 aliphatic carbocycles. The van der Waals surface area contributed by atoms with Gasteiger partial charge in [0.1, 0.15) is 0 Å². The SMILES string of the molecule is Cc1cc(/C=N\NC(=O)c2cc3c(s2)CC[C@@H](C)C3)c(C)n1CC(C)C. The number of aromatic nitrogens is 1. The molecule has 0 fully saturated rings. The fourth-order valence-electron chi connectivity index (χ4n) is 3.64. The summed E-state index contributed by atoms with van der Waals surface area (Å²) in [4.78, 5) is 14.6. The van der Waals surface area contributed by atoms with Crippen LogP contribution >= 0.6 is 11.3 Å². The highest BCUT2D eigenvalue weighted by atomic mass is 32.1. The molecule has 1 amide bonds. The number of nitrogens with zero attached hydrogens (tertiary/aromatic N) is 2. The van der Waals surface area contributed by atoms with E-state index in [4.69, 9.17) is 0 Å². The van der Waals surface area contributed by atoms with Crippen LogP contribution in [-0.2, 0) is 19.4 Å². The summed E-state index contributed by atoms with van der Waals surface area (Å²) in [5.41, 5.74) is 7.52. The fourth-order valence-corrected chi connectivity index (χ4v) is 4.74. The van der Waals surface area contributed by atoms with Gasteiger partial charge in [-0.2, -0.15) is 5.10 Å². The number of hydrogen-bond donors (Lipinski definition) is 1. The van der Waals surface area contributed by atoms with Crippen LogP contribution in [0.4, 0.5) is 0 Å². The number of fused-ring (bicyclic) bond motifs is 1. The first-order chi connectivity index (χ1) is 12.3. The average Bonchev–Trinajstić information content (AvgIpc) is 3.10. The van der Waals surface area contributed by atoms with E-state index in [9.17, 15) is 4.79 Å². The molecule has 4 nitrogen and oxygen atoms in total. The normalized spacial score (nSPS) is 17.1. The number of amides is 1. The lowest BCUT2D eigenvalue weighted by molar-refractivity contribution is 0.0959. The fraction of sp³-hybridized carbons (Fsp3) is 0.524. The zero-order chi connectivity index (χ0) is 18.8. The van der Waals surface area contributed by atoms with Crippen molar-refractivity contribution >= 4 is 23.5 Å². The molecular formula is C21H29N3OS. The number of aryl methyl sites for hydroxylation is 2. The molecule has 26 heavy (non-hydrogen) atoms. The summed E-state index contributed by atoms with van der Waals surface area (Å²) in [6.45, 7) is 11.9. The molecule has 1 atom stereocenters. The highest BCUT2D eigenvalue weighted by Gasteiger charge is 2.20. The average molecular weight is 372 g/mol. The van der Waals surface area contributed by atoms with E-state index >= 15 is 0 Å². The molecule has 0 aliphatic heterocycles. The van der Waals surface area contributed by atoms with Crippen LogP contribution < -0.4 is 5.43 Å². The minimum atomic E-state index is -0.107. The van der Waals surface area contributed by atoms with Crippen LogP contribution in [0.3, 0.4) is 0 Å². The summed E-state index contributed by atoms with van der Waals surface area (Å²) in [5, 5.41) is 4.20. The Labute approximate surface area is 160 Å². The van der Waals surface area contributed by atoms with Gasteiger partial charge in [0, 0.05) is 28.4 Å². The molecule has 5 heteroatoms. The van der Waals surface area contributed by atoms with E-state index in [0.717, 1.165) is 29.8 Å². The van der Waals surface area contributed by atoms with Gasteiger partial charge in [0.05, 0.1) is 11.1 Å². The van der Waals surface area contributed by atoms with Crippen LogP contribution in [0, 0.1) is 25.7 Å². The topological polar surface area (TPSA) is 46.4 Å². The Morgan fingerprint density at radius 1 is 1.42 bits per heavy atom. The lowest BCUT2D eigenvalue weighted by Crippen LogP contribution is -2.16. The van der Waals surface area contributed by atoms with Crippen LogP contribution in [0.1, 0.15) is 64.3 Å². The standard InChI is InChI=1S/C21H29N3OS/c1-13(2)12-24-15(4)9-18(16(24)5)11-22-23-21(25)20-10-17-8-14(3)6-7-19(17)26-20/h9-11,13-14H,6-8,12H2,1-5H3,(H,23,25)/b22-11-/t14-/m1/s1. The Balaban J connectivity index is 1.66. The molecule has 3 rings (SSSR count). The van der Waals surface area contributed by atoms with E-state index in [1.165, 1.54) is 28.2 Å². The molecule has 0 radical (unpaired) electrons. The van der Waals surface area contributed by atoms with Crippen LogP contribution in [0.2, 0.25) is 0 Å². The molecule has 2 heterocycles. The van der Waals surface area contributed by atoms with Gasteiger partial charge in [-0.05, 0) is 62.6 Å². The third kappa shape index (κ3) is 4.09. The quantitative estimate of drug-likeness (QED) is 0.600. The first-order valence-corrected chi connectivity index (χ1v) is 10.3. The maximum atomic E-state index is 12.4. The van der Waals surface area contributed by atoms with E-state index < -0.39 is 0 Å². The number of carbonyl (C=O) groups is 1. The number of hydrogen-bond acceptors (Lipinski definition) is 3. The number of rotatable bonds is 5. The predicted molar refractivity (Wildman–Crippen MR) is 109 cm³/mol. The van der Waals surface area contributed by atoms with Gasteiger partial charge < -0.3 is 4.57 Å². The second-order valence-corrected chi connectivity index (χ2v) is 9.07. The second kappa shape index (κ2) is 7.78. The van der Waals surface area contributed by atoms with Crippen LogP contribution in [0.5, 0.6) is 0 Å². The number of hydrazone groups is 1. The first-order valence-electron chi connectivity index (χ1n) is 9.46. The van der Waals surface area contributed by atoms with Crippen molar-refractivity contribution in [3.8, 4) is 0 Å². The Morgan fingerprint density at radius 2 is 2.19 bits per heavy atom. The van der Waals surface area contributed by atoms with Crippen LogP contribution in [-0.4, -0.2) is 16.7 Å². The number of carbonyl (C=O) groups excluding carboxylic acids is 1. The van der Waals surface area contributed by atoms with Gasteiger partial charge in [-0.1, -0.05) is 20.8 Å². The van der Waals surface area contributed by atoms with Gasteiger partial charge in [0.25, 0.3) is 5.91 Å². The molecule has 2 aromatic rings. The van der Waals surface area contributed by atoms with Crippen molar-refractivity contribution in [2.75, 3.05) is 0 Å². The van der Waals surface area contributed by atoms with Gasteiger partial charge in [-0.15, -0.1) is 11.3 Å². The molecule has 0 saturated heterocycles. The van der Waals surface area contributed by atoms with E-state index in [1.54, 1.807) is 17.6 Å². The maximum absolute atomic E-state index is 12.4. The molecule has 0 aromatic carbocycles. The van der Waals surface area contributed by atoms with Gasteiger partial charge in [-0.3, -0.25) is 4.79 Å². The van der Waals surface area contributed by atoms with E-state index in [0.29, 0.717) is 11.8 Å². The van der Waals surface area contributed by atoms with Crippen molar-refractivity contribution in [3.63, 3.8) is 0 Å². The first kappa shape index (κ1) is 18.9. The molecule has 1 aliphatic rings. The minimum Gasteiger partial charge on any atom is -0.348 e. The van der Waals surface area contributed by atoms with Gasteiger partial charge >= 0.3 is 0 Å². The molecule has 140 valence electrons. The zero-order valence-electron chi connectivity index (χ0n) is 16.4. The molecule has 0 bridgehead atoms. The number of thiophene rings is 1. The third-order valence-corrected chi connectivity index (χ3v) is 6.32. The summed E-state index contributed by atoms with van der Waals surface area (Å²) in [6, 6.07) is 4.17. The maximum Gasteiger partial charge on any atom is 0.281 e. The Hall–Kier alpha value is -1.88. The third-order valence-electron chi connectivity index (χ3n) is 5.08. The molecular weight excluding hydrogens is 342 g/mol. The lowest BCUT2D eigenvalue weighted by atomic mass is 9.90. The van der Waals surface area contributed by atoms with E-state index in [-0.39, 0.29) is 5.91 Å². The molecule has 2 aromatic heterocycles. The van der Waals surface area contributed by atoms with Crippen molar-refractivity contribution in [1.82, 2.24) is 9.99 Å². The Bertz CT molecular complexity index is 829. The summed E-state index contributed by atoms with van der Waals surface area (Å²) in [5.74, 6) is 1.20. The Kier molecular flexibility index (Phi) is 5.66. The summed E-state index contributed by atoms with van der Waals surface area (Å²) >= 11 is 1.62. The zero-order valence-corrected chi connectivity index (χ0v) is 17.2. The van der Waals surface area contributed by atoms with E-state index in [2.05, 4.69) is 61.8 Å². The minimum absolute atomic E-state index is 0.107. The number of nitrogens with one attached hydrogen (secondary N) is 1. The van der Waals surface area contributed by atoms with Gasteiger partial charge in [0.2, 0.25) is 0 Å². The largest absolute Gasteiger partial charge is 0.348 e. The van der Waals surface area contributed by atoms with Crippen molar-refractivity contribution in [2.45, 2.75) is 60.4 Å². The molecule has 0 saturated carbocycles. The highest BCUT2D eigenvalue weighted by Crippen LogP contribution is 2.32. The highest BCUT2D eigenvalue weighted by molar-refractivity contribution is 7.14. The van der Waals surface area contributed by atoms with Crippen molar-refractivity contribution < 1.29 is 4.79 Å². The lowest BCUT2D eigenvalue weighted by Gasteiger charge is -2.16. The smallest absolute Gasteiger partial charge is 0.281 e. The summed E-state index contributed by atoms with van der Waals surface area (Å²) < 4.78 is 2.31. The molecule has 0 spiro atoms. The van der Waals surface area contributed by atoms with Crippen LogP contribution in [0.25, 0.3) is 0 Å². The van der Waals surface area contributed by atoms with E-state index in [1.807, 2.05) is 0 Å².